The Morgan fingerprint density at radius 1 is 1.07 bits per heavy atom. The molecular weight excluding hydrogens is 198 g/mol. The molecule has 0 aliphatic carbocycles. The zero-order valence-corrected chi connectivity index (χ0v) is 12.6. The first-order valence-electron chi connectivity index (χ1n) is 6.68. The molecule has 90 valence electrons. The predicted molar refractivity (Wildman–Crippen MR) is 74.0 cm³/mol. The highest BCUT2D eigenvalue weighted by atomic mass is 28.2. The van der Waals surface area contributed by atoms with E-state index < -0.39 is 0 Å². The summed E-state index contributed by atoms with van der Waals surface area (Å²) in [6.07, 6.45) is 9.05. The Kier molecular flexibility index (Phi) is 10.4. The number of nitrogens with zero attached hydrogens (tertiary/aromatic N) is 1. The van der Waals surface area contributed by atoms with Gasteiger partial charge in [0.25, 0.3) is 0 Å². The van der Waals surface area contributed by atoms with Gasteiger partial charge in [0, 0.05) is 0 Å². The van der Waals surface area contributed by atoms with Crippen LogP contribution in [0.4, 0.5) is 0 Å². The standard InChI is InChI=1S/C13H29NSi/c1-5-9-11-13(10-6-2)15-14(8-4)12-7-3/h11H,5-10,12,15H2,1-4H3. The van der Waals surface area contributed by atoms with Gasteiger partial charge in [-0.25, -0.2) is 0 Å². The fourth-order valence-electron chi connectivity index (χ4n) is 1.87. The normalized spacial score (nSPS) is 13.3. The second-order valence-corrected chi connectivity index (χ2v) is 6.39. The van der Waals surface area contributed by atoms with E-state index in [1.54, 1.807) is 5.20 Å². The SMILES string of the molecule is CCCC=C(CCC)[SiH2]N(CC)CCC. The van der Waals surface area contributed by atoms with Crippen LogP contribution >= 0.6 is 0 Å². The van der Waals surface area contributed by atoms with Gasteiger partial charge in [0.15, 0.2) is 0 Å². The number of hydrogen-bond donors (Lipinski definition) is 0. The molecule has 2 heteroatoms. The van der Waals surface area contributed by atoms with Crippen LogP contribution in [0.2, 0.25) is 0 Å². The van der Waals surface area contributed by atoms with Crippen molar-refractivity contribution < 1.29 is 0 Å². The van der Waals surface area contributed by atoms with Gasteiger partial charge < -0.3 is 4.57 Å². The summed E-state index contributed by atoms with van der Waals surface area (Å²) in [5, 5.41) is 1.79. The van der Waals surface area contributed by atoms with Crippen LogP contribution in [0, 0.1) is 0 Å². The van der Waals surface area contributed by atoms with Crippen molar-refractivity contribution >= 4 is 9.68 Å². The molecule has 0 atom stereocenters. The van der Waals surface area contributed by atoms with E-state index in [0.717, 1.165) is 0 Å². The van der Waals surface area contributed by atoms with E-state index in [-0.39, 0.29) is 9.68 Å². The number of unbranched alkanes of at least 4 members (excludes halogenated alkanes) is 1. The molecule has 0 radical (unpaired) electrons. The van der Waals surface area contributed by atoms with E-state index in [1.807, 2.05) is 0 Å². The first-order chi connectivity index (χ1) is 7.28. The average molecular weight is 227 g/mol. The average Bonchev–Trinajstić information content (AvgIpc) is 2.25. The minimum absolute atomic E-state index is 0.109. The topological polar surface area (TPSA) is 3.24 Å². The van der Waals surface area contributed by atoms with Crippen molar-refractivity contribution in [1.82, 2.24) is 4.57 Å². The van der Waals surface area contributed by atoms with E-state index in [2.05, 4.69) is 38.3 Å². The van der Waals surface area contributed by atoms with E-state index in [4.69, 9.17) is 0 Å². The summed E-state index contributed by atoms with van der Waals surface area (Å²) in [6, 6.07) is 0. The Morgan fingerprint density at radius 2 is 1.80 bits per heavy atom. The minimum atomic E-state index is -0.109. The molecule has 0 aromatic rings. The summed E-state index contributed by atoms with van der Waals surface area (Å²) in [5.41, 5.74) is 0. The van der Waals surface area contributed by atoms with Crippen molar-refractivity contribution in [2.24, 2.45) is 0 Å². The van der Waals surface area contributed by atoms with Crippen molar-refractivity contribution in [3.05, 3.63) is 11.3 Å². The van der Waals surface area contributed by atoms with Gasteiger partial charge in [-0.1, -0.05) is 51.8 Å². The van der Waals surface area contributed by atoms with Gasteiger partial charge in [-0.15, -0.1) is 0 Å². The molecule has 0 spiro atoms. The van der Waals surface area contributed by atoms with Gasteiger partial charge in [0.05, 0.1) is 0 Å². The van der Waals surface area contributed by atoms with Crippen molar-refractivity contribution in [2.45, 2.75) is 59.8 Å². The highest BCUT2D eigenvalue weighted by Crippen LogP contribution is 2.08. The third kappa shape index (κ3) is 7.80. The Morgan fingerprint density at radius 3 is 2.27 bits per heavy atom. The molecule has 0 saturated carbocycles. The quantitative estimate of drug-likeness (QED) is 0.546. The van der Waals surface area contributed by atoms with Crippen molar-refractivity contribution in [2.75, 3.05) is 13.1 Å². The van der Waals surface area contributed by atoms with Gasteiger partial charge >= 0.3 is 0 Å². The minimum Gasteiger partial charge on any atom is -0.325 e. The first-order valence-corrected chi connectivity index (χ1v) is 8.02. The lowest BCUT2D eigenvalue weighted by atomic mass is 10.2. The summed E-state index contributed by atoms with van der Waals surface area (Å²) in [6.45, 7) is 11.7. The Hall–Kier alpha value is -0.0831. The molecule has 0 fully saturated rings. The maximum atomic E-state index is 2.69. The molecule has 0 unspecified atom stereocenters. The largest absolute Gasteiger partial charge is 0.325 e. The smallest absolute Gasteiger partial charge is 0.122 e. The second-order valence-electron chi connectivity index (χ2n) is 4.27. The molecule has 0 amide bonds. The maximum Gasteiger partial charge on any atom is 0.122 e. The van der Waals surface area contributed by atoms with Crippen molar-refractivity contribution in [3.63, 3.8) is 0 Å². The molecule has 0 N–H and O–H groups in total. The van der Waals surface area contributed by atoms with Gasteiger partial charge in [-0.2, -0.15) is 0 Å². The van der Waals surface area contributed by atoms with E-state index in [1.165, 1.54) is 45.2 Å². The fourth-order valence-corrected chi connectivity index (χ4v) is 3.98. The first kappa shape index (κ1) is 14.9. The number of allylic oxidation sites excluding steroid dienone is 2. The summed E-state index contributed by atoms with van der Waals surface area (Å²) in [7, 11) is -0.109. The number of hydrogen-bond acceptors (Lipinski definition) is 1. The summed E-state index contributed by atoms with van der Waals surface area (Å²) in [4.78, 5) is 0. The molecule has 0 saturated heterocycles. The van der Waals surface area contributed by atoms with Crippen LogP contribution in [0.15, 0.2) is 11.3 Å². The third-order valence-corrected chi connectivity index (χ3v) is 4.97. The molecule has 0 heterocycles. The lowest BCUT2D eigenvalue weighted by molar-refractivity contribution is 0.466. The van der Waals surface area contributed by atoms with Crippen LogP contribution in [-0.4, -0.2) is 27.3 Å². The van der Waals surface area contributed by atoms with Crippen LogP contribution in [-0.2, 0) is 0 Å². The van der Waals surface area contributed by atoms with Crippen molar-refractivity contribution in [1.29, 1.82) is 0 Å². The molecule has 15 heavy (non-hydrogen) atoms. The highest BCUT2D eigenvalue weighted by molar-refractivity contribution is 6.42. The zero-order valence-electron chi connectivity index (χ0n) is 11.2. The van der Waals surface area contributed by atoms with Crippen molar-refractivity contribution in [3.8, 4) is 0 Å². The molecule has 0 aliphatic heterocycles. The molecule has 0 bridgehead atoms. The molecular formula is C13H29NSi. The Labute approximate surface area is 98.8 Å². The zero-order chi connectivity index (χ0) is 11.5. The van der Waals surface area contributed by atoms with Crippen LogP contribution in [0.5, 0.6) is 0 Å². The maximum absolute atomic E-state index is 2.69. The van der Waals surface area contributed by atoms with E-state index in [9.17, 15) is 0 Å². The van der Waals surface area contributed by atoms with Gasteiger partial charge in [-0.05, 0) is 32.4 Å². The number of rotatable bonds is 9. The summed E-state index contributed by atoms with van der Waals surface area (Å²) in [5.74, 6) is 0. The Bertz CT molecular complexity index is 166. The lowest BCUT2D eigenvalue weighted by Crippen LogP contribution is -2.29. The Balaban J connectivity index is 4.11. The second kappa shape index (κ2) is 10.4. The lowest BCUT2D eigenvalue weighted by Gasteiger charge is -2.21. The van der Waals surface area contributed by atoms with Crippen LogP contribution in [0.25, 0.3) is 0 Å². The summed E-state index contributed by atoms with van der Waals surface area (Å²) < 4.78 is 2.69. The van der Waals surface area contributed by atoms with Gasteiger partial charge in [0.1, 0.15) is 9.68 Å². The van der Waals surface area contributed by atoms with E-state index >= 15 is 0 Å². The summed E-state index contributed by atoms with van der Waals surface area (Å²) >= 11 is 0. The van der Waals surface area contributed by atoms with Gasteiger partial charge in [-0.3, -0.25) is 0 Å². The molecule has 0 aromatic heterocycles. The molecule has 0 rings (SSSR count). The molecule has 0 aromatic carbocycles. The van der Waals surface area contributed by atoms with E-state index in [0.29, 0.717) is 0 Å². The third-order valence-electron chi connectivity index (χ3n) is 2.71. The van der Waals surface area contributed by atoms with Crippen LogP contribution in [0.3, 0.4) is 0 Å². The predicted octanol–water partition coefficient (Wildman–Crippen LogP) is 3.29. The molecule has 1 nitrogen and oxygen atoms in total. The monoisotopic (exact) mass is 227 g/mol. The molecule has 0 aliphatic rings. The van der Waals surface area contributed by atoms with Crippen LogP contribution in [0.1, 0.15) is 59.8 Å². The highest BCUT2D eigenvalue weighted by Gasteiger charge is 2.04. The van der Waals surface area contributed by atoms with Gasteiger partial charge in [0.2, 0.25) is 0 Å². The fraction of sp³-hybridized carbons (Fsp3) is 0.846. The van der Waals surface area contributed by atoms with Crippen LogP contribution < -0.4 is 0 Å².